The van der Waals surface area contributed by atoms with Gasteiger partial charge in [0.05, 0.1) is 18.2 Å². The molecule has 4 nitrogen and oxygen atoms in total. The normalized spacial score (nSPS) is 21.2. The van der Waals surface area contributed by atoms with E-state index < -0.39 is 0 Å². The minimum absolute atomic E-state index is 0.0597. The summed E-state index contributed by atoms with van der Waals surface area (Å²) >= 11 is 3.51. The van der Waals surface area contributed by atoms with E-state index in [1.54, 1.807) is 13.2 Å². The van der Waals surface area contributed by atoms with Crippen LogP contribution in [0, 0.1) is 11.8 Å². The van der Waals surface area contributed by atoms with E-state index in [1.807, 2.05) is 11.0 Å². The summed E-state index contributed by atoms with van der Waals surface area (Å²) in [6.07, 6.45) is 2.10. The number of piperidine rings is 1. The Morgan fingerprint density at radius 1 is 1.30 bits per heavy atom. The summed E-state index contributed by atoms with van der Waals surface area (Å²) in [6.45, 7) is 8.71. The largest absolute Gasteiger partial charge is 0.493 e. The number of likely N-dealkylation sites (tertiary alicyclic amines) is 1. The number of halogens is 1. The first-order valence-electron chi connectivity index (χ1n) is 8.25. The lowest BCUT2D eigenvalue weighted by Gasteiger charge is -2.35. The molecule has 2 rings (SSSR count). The van der Waals surface area contributed by atoms with Gasteiger partial charge in [-0.1, -0.05) is 20.8 Å². The van der Waals surface area contributed by atoms with E-state index in [1.165, 1.54) is 6.42 Å². The average molecular weight is 384 g/mol. The molecular formula is C18H26BrNO3. The van der Waals surface area contributed by atoms with Gasteiger partial charge in [0.15, 0.2) is 11.5 Å². The molecule has 1 saturated heterocycles. The summed E-state index contributed by atoms with van der Waals surface area (Å²) in [5.41, 5.74) is 0.638. The van der Waals surface area contributed by atoms with Crippen molar-refractivity contribution >= 4 is 21.8 Å². The van der Waals surface area contributed by atoms with Crippen molar-refractivity contribution in [3.05, 3.63) is 22.2 Å². The molecule has 2 unspecified atom stereocenters. The van der Waals surface area contributed by atoms with Gasteiger partial charge < -0.3 is 14.4 Å². The van der Waals surface area contributed by atoms with Gasteiger partial charge in [0.1, 0.15) is 0 Å². The third-order valence-corrected chi connectivity index (χ3v) is 4.67. The molecule has 0 bridgehead atoms. The van der Waals surface area contributed by atoms with Gasteiger partial charge in [-0.25, -0.2) is 0 Å². The Hall–Kier alpha value is -1.23. The third kappa shape index (κ3) is 4.40. The van der Waals surface area contributed by atoms with E-state index in [2.05, 4.69) is 36.7 Å². The minimum atomic E-state index is 0.0597. The molecule has 128 valence electrons. The predicted molar refractivity (Wildman–Crippen MR) is 95.3 cm³/mol. The zero-order valence-corrected chi connectivity index (χ0v) is 16.0. The smallest absolute Gasteiger partial charge is 0.254 e. The fourth-order valence-electron chi connectivity index (χ4n) is 3.20. The minimum Gasteiger partial charge on any atom is -0.493 e. The highest BCUT2D eigenvalue weighted by Crippen LogP contribution is 2.37. The number of hydrogen-bond acceptors (Lipinski definition) is 3. The Morgan fingerprint density at radius 3 is 2.52 bits per heavy atom. The number of ether oxygens (including phenoxy) is 2. The second kappa shape index (κ2) is 8.04. The lowest BCUT2D eigenvalue weighted by atomic mass is 9.91. The first kappa shape index (κ1) is 18.1. The van der Waals surface area contributed by atoms with E-state index in [-0.39, 0.29) is 5.91 Å². The average Bonchev–Trinajstić information content (AvgIpc) is 2.51. The zero-order valence-electron chi connectivity index (χ0n) is 14.4. The van der Waals surface area contributed by atoms with E-state index >= 15 is 0 Å². The molecule has 2 atom stereocenters. The number of rotatable bonds is 5. The standard InChI is InChI=1S/C18H26BrNO3/c1-5-6-23-17-15(19)8-14(9-16(17)22-4)18(21)20-10-12(2)7-13(3)11-20/h8-9,12-13H,5-7,10-11H2,1-4H3. The quantitative estimate of drug-likeness (QED) is 0.757. The van der Waals surface area contributed by atoms with Crippen molar-refractivity contribution in [2.24, 2.45) is 11.8 Å². The van der Waals surface area contributed by atoms with Crippen molar-refractivity contribution in [1.82, 2.24) is 4.90 Å². The van der Waals surface area contributed by atoms with Crippen molar-refractivity contribution in [3.8, 4) is 11.5 Å². The lowest BCUT2D eigenvalue weighted by Crippen LogP contribution is -2.42. The molecule has 1 heterocycles. The highest BCUT2D eigenvalue weighted by Gasteiger charge is 2.27. The van der Waals surface area contributed by atoms with Gasteiger partial charge in [0.25, 0.3) is 5.91 Å². The number of carbonyl (C=O) groups is 1. The van der Waals surface area contributed by atoms with Crippen LogP contribution in [-0.2, 0) is 0 Å². The Kier molecular flexibility index (Phi) is 6.33. The summed E-state index contributed by atoms with van der Waals surface area (Å²) in [4.78, 5) is 14.8. The van der Waals surface area contributed by atoms with E-state index in [0.29, 0.717) is 35.5 Å². The van der Waals surface area contributed by atoms with Gasteiger partial charge >= 0.3 is 0 Å². The summed E-state index contributed by atoms with van der Waals surface area (Å²) in [5.74, 6) is 2.39. The lowest BCUT2D eigenvalue weighted by molar-refractivity contribution is 0.0622. The molecule has 0 radical (unpaired) electrons. The Balaban J connectivity index is 2.25. The van der Waals surface area contributed by atoms with Crippen molar-refractivity contribution in [3.63, 3.8) is 0 Å². The van der Waals surface area contributed by atoms with Crippen LogP contribution < -0.4 is 9.47 Å². The molecular weight excluding hydrogens is 358 g/mol. The molecule has 1 aliphatic heterocycles. The molecule has 23 heavy (non-hydrogen) atoms. The van der Waals surface area contributed by atoms with Crippen LogP contribution in [0.3, 0.4) is 0 Å². The molecule has 1 aromatic rings. The van der Waals surface area contributed by atoms with Gasteiger partial charge in [-0.2, -0.15) is 0 Å². The highest BCUT2D eigenvalue weighted by molar-refractivity contribution is 9.10. The molecule has 0 N–H and O–H groups in total. The number of nitrogens with zero attached hydrogens (tertiary/aromatic N) is 1. The SMILES string of the molecule is CCCOc1c(Br)cc(C(=O)N2CC(C)CC(C)C2)cc1OC. The van der Waals surface area contributed by atoms with Crippen LogP contribution in [0.25, 0.3) is 0 Å². The van der Waals surface area contributed by atoms with Crippen LogP contribution >= 0.6 is 15.9 Å². The second-order valence-electron chi connectivity index (χ2n) is 6.49. The number of benzene rings is 1. The van der Waals surface area contributed by atoms with Crippen LogP contribution in [-0.4, -0.2) is 37.6 Å². The molecule has 0 aromatic heterocycles. The van der Waals surface area contributed by atoms with Crippen molar-refractivity contribution in [1.29, 1.82) is 0 Å². The number of methoxy groups -OCH3 is 1. The second-order valence-corrected chi connectivity index (χ2v) is 7.35. The van der Waals surface area contributed by atoms with Gasteiger partial charge in [-0.3, -0.25) is 4.79 Å². The van der Waals surface area contributed by atoms with Gasteiger partial charge in [0.2, 0.25) is 0 Å². The van der Waals surface area contributed by atoms with E-state index in [9.17, 15) is 4.79 Å². The van der Waals surface area contributed by atoms with Crippen LogP contribution in [0.15, 0.2) is 16.6 Å². The maximum absolute atomic E-state index is 12.8. The fourth-order valence-corrected chi connectivity index (χ4v) is 3.76. The number of amides is 1. The molecule has 1 aliphatic rings. The molecule has 1 amide bonds. The summed E-state index contributed by atoms with van der Waals surface area (Å²) in [5, 5.41) is 0. The monoisotopic (exact) mass is 383 g/mol. The van der Waals surface area contributed by atoms with Crippen LogP contribution in [0.4, 0.5) is 0 Å². The van der Waals surface area contributed by atoms with Gasteiger partial charge in [-0.15, -0.1) is 0 Å². The van der Waals surface area contributed by atoms with E-state index in [0.717, 1.165) is 24.0 Å². The third-order valence-electron chi connectivity index (χ3n) is 4.08. The summed E-state index contributed by atoms with van der Waals surface area (Å²) < 4.78 is 11.9. The topological polar surface area (TPSA) is 38.8 Å². The Bertz CT molecular complexity index is 551. The maximum Gasteiger partial charge on any atom is 0.254 e. The van der Waals surface area contributed by atoms with Crippen molar-refractivity contribution in [2.75, 3.05) is 26.8 Å². The molecule has 0 saturated carbocycles. The molecule has 5 heteroatoms. The predicted octanol–water partition coefficient (Wildman–Crippen LogP) is 4.36. The summed E-state index contributed by atoms with van der Waals surface area (Å²) in [7, 11) is 1.60. The first-order valence-corrected chi connectivity index (χ1v) is 9.05. The Labute approximate surface area is 147 Å². The Morgan fingerprint density at radius 2 is 1.96 bits per heavy atom. The van der Waals surface area contributed by atoms with Crippen molar-refractivity contribution < 1.29 is 14.3 Å². The van der Waals surface area contributed by atoms with Gasteiger partial charge in [0, 0.05) is 18.7 Å². The molecule has 1 aromatic carbocycles. The van der Waals surface area contributed by atoms with E-state index in [4.69, 9.17) is 9.47 Å². The molecule has 0 spiro atoms. The molecule has 0 aliphatic carbocycles. The summed E-state index contributed by atoms with van der Waals surface area (Å²) in [6, 6.07) is 3.61. The zero-order chi connectivity index (χ0) is 17.0. The number of carbonyl (C=O) groups excluding carboxylic acids is 1. The highest BCUT2D eigenvalue weighted by atomic mass is 79.9. The van der Waals surface area contributed by atoms with Crippen LogP contribution in [0.2, 0.25) is 0 Å². The first-order chi connectivity index (χ1) is 11.0. The fraction of sp³-hybridized carbons (Fsp3) is 0.611. The van der Waals surface area contributed by atoms with Crippen LogP contribution in [0.5, 0.6) is 11.5 Å². The number of hydrogen-bond donors (Lipinski definition) is 0. The molecule has 1 fully saturated rings. The van der Waals surface area contributed by atoms with Crippen molar-refractivity contribution in [2.45, 2.75) is 33.6 Å². The maximum atomic E-state index is 12.8. The van der Waals surface area contributed by atoms with Crippen LogP contribution in [0.1, 0.15) is 44.0 Å². The van der Waals surface area contributed by atoms with Gasteiger partial charge in [-0.05, 0) is 52.7 Å².